The second-order valence-corrected chi connectivity index (χ2v) is 6.20. The highest BCUT2D eigenvalue weighted by atomic mass is 16.3. The highest BCUT2D eigenvalue weighted by molar-refractivity contribution is 5.83. The average molecular weight is 319 g/mol. The molecule has 0 aliphatic heterocycles. The molecule has 4 heteroatoms. The van der Waals surface area contributed by atoms with Crippen LogP contribution < -0.4 is 0 Å². The molecule has 1 unspecified atom stereocenters. The first-order valence-electron chi connectivity index (χ1n) is 8.25. The Kier molecular flexibility index (Phi) is 4.37. The van der Waals surface area contributed by atoms with E-state index >= 15 is 0 Å². The van der Waals surface area contributed by atoms with E-state index in [-0.39, 0.29) is 0 Å². The van der Waals surface area contributed by atoms with Crippen molar-refractivity contribution in [1.29, 1.82) is 5.26 Å². The molecule has 1 heterocycles. The van der Waals surface area contributed by atoms with Gasteiger partial charge in [0.1, 0.15) is 5.82 Å². The van der Waals surface area contributed by atoms with Gasteiger partial charge in [0.05, 0.1) is 28.8 Å². The largest absolute Gasteiger partial charge is 0.389 e. The number of aryl methyl sites for hydroxylation is 2. The zero-order chi connectivity index (χ0) is 17.3. The molecule has 2 N–H and O–H groups in total. The number of aromatic nitrogens is 2. The fraction of sp³-hybridized carbons (Fsp3) is 0.300. The number of rotatable bonds is 4. The first-order valence-corrected chi connectivity index (χ1v) is 8.25. The van der Waals surface area contributed by atoms with Crippen LogP contribution in [0.4, 0.5) is 0 Å². The predicted molar refractivity (Wildman–Crippen MR) is 95.6 cm³/mol. The molecule has 3 aromatic rings. The number of benzene rings is 2. The summed E-state index contributed by atoms with van der Waals surface area (Å²) < 4.78 is 0. The number of nitrogens with one attached hydrogen (secondary N) is 1. The molecule has 0 spiro atoms. The van der Waals surface area contributed by atoms with Gasteiger partial charge in [-0.1, -0.05) is 25.5 Å². The Morgan fingerprint density at radius 2 is 2.08 bits per heavy atom. The predicted octanol–water partition coefficient (Wildman–Crippen LogP) is 4.42. The summed E-state index contributed by atoms with van der Waals surface area (Å²) >= 11 is 0. The van der Waals surface area contributed by atoms with Gasteiger partial charge in [0.15, 0.2) is 0 Å². The Balaban J connectivity index is 2.26. The molecule has 0 saturated heterocycles. The smallest absolute Gasteiger partial charge is 0.104 e. The molecule has 0 aliphatic rings. The Morgan fingerprint density at radius 3 is 2.75 bits per heavy atom. The topological polar surface area (TPSA) is 72.7 Å². The van der Waals surface area contributed by atoms with E-state index in [0.717, 1.165) is 46.4 Å². The van der Waals surface area contributed by atoms with Crippen molar-refractivity contribution >= 4 is 11.0 Å². The van der Waals surface area contributed by atoms with Crippen LogP contribution in [-0.4, -0.2) is 15.1 Å². The van der Waals surface area contributed by atoms with Crippen LogP contribution >= 0.6 is 0 Å². The Morgan fingerprint density at radius 1 is 1.29 bits per heavy atom. The quantitative estimate of drug-likeness (QED) is 0.748. The highest BCUT2D eigenvalue weighted by Gasteiger charge is 2.17. The molecule has 24 heavy (non-hydrogen) atoms. The van der Waals surface area contributed by atoms with Crippen molar-refractivity contribution in [2.75, 3.05) is 0 Å². The molecule has 3 rings (SSSR count). The van der Waals surface area contributed by atoms with E-state index in [1.165, 1.54) is 0 Å². The summed E-state index contributed by atoms with van der Waals surface area (Å²) in [5.74, 6) is 0.871. The second kappa shape index (κ2) is 6.46. The Bertz CT molecular complexity index is 932. The zero-order valence-electron chi connectivity index (χ0n) is 14.2. The first-order chi connectivity index (χ1) is 11.5. The molecule has 0 amide bonds. The first kappa shape index (κ1) is 16.2. The van der Waals surface area contributed by atoms with Crippen molar-refractivity contribution < 1.29 is 5.11 Å². The van der Waals surface area contributed by atoms with Gasteiger partial charge < -0.3 is 10.1 Å². The van der Waals surface area contributed by atoms with Crippen molar-refractivity contribution in [3.8, 4) is 17.2 Å². The van der Waals surface area contributed by atoms with Crippen LogP contribution in [0.15, 0.2) is 30.3 Å². The molecule has 122 valence electrons. The molecule has 0 saturated carbocycles. The van der Waals surface area contributed by atoms with Gasteiger partial charge >= 0.3 is 0 Å². The third-order valence-corrected chi connectivity index (χ3v) is 4.23. The van der Waals surface area contributed by atoms with Crippen molar-refractivity contribution in [1.82, 2.24) is 9.97 Å². The lowest BCUT2D eigenvalue weighted by molar-refractivity contribution is 0.199. The number of aromatic amines is 1. The number of nitrogens with zero attached hydrogens (tertiary/aromatic N) is 2. The van der Waals surface area contributed by atoms with Crippen LogP contribution in [0.2, 0.25) is 0 Å². The van der Waals surface area contributed by atoms with Crippen LogP contribution in [0.1, 0.15) is 48.9 Å². The summed E-state index contributed by atoms with van der Waals surface area (Å²) in [5.41, 5.74) is 6.11. The zero-order valence-corrected chi connectivity index (χ0v) is 14.2. The second-order valence-electron chi connectivity index (χ2n) is 6.20. The van der Waals surface area contributed by atoms with Gasteiger partial charge in [0.25, 0.3) is 0 Å². The van der Waals surface area contributed by atoms with Crippen LogP contribution in [0.25, 0.3) is 22.2 Å². The van der Waals surface area contributed by atoms with E-state index in [2.05, 4.69) is 29.0 Å². The van der Waals surface area contributed by atoms with Crippen LogP contribution in [0.3, 0.4) is 0 Å². The summed E-state index contributed by atoms with van der Waals surface area (Å²) in [6.07, 6.45) is 1.21. The maximum atomic E-state index is 10.2. The third-order valence-electron chi connectivity index (χ3n) is 4.23. The minimum atomic E-state index is -0.707. The number of aliphatic hydroxyl groups excluding tert-OH is 1. The normalized spacial score (nSPS) is 12.3. The van der Waals surface area contributed by atoms with E-state index in [0.29, 0.717) is 11.1 Å². The molecule has 1 atom stereocenters. The molecule has 2 aromatic carbocycles. The van der Waals surface area contributed by atoms with Gasteiger partial charge in [-0.3, -0.25) is 0 Å². The number of fused-ring (bicyclic) bond motifs is 1. The number of hydrogen-bond acceptors (Lipinski definition) is 3. The fourth-order valence-corrected chi connectivity index (χ4v) is 3.23. The van der Waals surface area contributed by atoms with E-state index in [9.17, 15) is 10.4 Å². The number of imidazole rings is 1. The third kappa shape index (κ3) is 2.91. The Hall–Kier alpha value is -2.64. The molecule has 0 aliphatic carbocycles. The summed E-state index contributed by atoms with van der Waals surface area (Å²) in [5, 5.41) is 19.8. The van der Waals surface area contributed by atoms with Crippen molar-refractivity contribution in [3.63, 3.8) is 0 Å². The van der Waals surface area contributed by atoms with Crippen molar-refractivity contribution in [2.45, 2.75) is 39.7 Å². The molecule has 0 fully saturated rings. The minimum absolute atomic E-state index is 0.546. The van der Waals surface area contributed by atoms with Crippen LogP contribution in [-0.2, 0) is 6.42 Å². The molecular formula is C20H21N3O. The number of hydrogen-bond donors (Lipinski definition) is 2. The van der Waals surface area contributed by atoms with Crippen LogP contribution in [0, 0.1) is 18.3 Å². The van der Waals surface area contributed by atoms with E-state index in [1.807, 2.05) is 31.2 Å². The van der Waals surface area contributed by atoms with E-state index in [4.69, 9.17) is 0 Å². The lowest BCUT2D eigenvalue weighted by Gasteiger charge is -2.16. The van der Waals surface area contributed by atoms with Gasteiger partial charge in [-0.15, -0.1) is 0 Å². The maximum absolute atomic E-state index is 10.2. The van der Waals surface area contributed by atoms with Crippen molar-refractivity contribution in [3.05, 3.63) is 52.8 Å². The SMILES string of the molecule is CCCc1cc(C#N)c(C(C)O)c(-c2ccc3[nH]c(C)nc3c2)c1. The number of nitriles is 1. The standard InChI is InChI=1S/C20H21N3O/c1-4-5-14-8-16(11-21)20(12(2)24)17(9-14)15-6-7-18-19(10-15)23-13(3)22-18/h6-10,12,24H,4-5H2,1-3H3,(H,22,23). The van der Waals surface area contributed by atoms with E-state index in [1.54, 1.807) is 6.92 Å². The minimum Gasteiger partial charge on any atom is -0.389 e. The van der Waals surface area contributed by atoms with E-state index < -0.39 is 6.10 Å². The van der Waals surface area contributed by atoms with Gasteiger partial charge in [-0.05, 0) is 55.2 Å². The fourth-order valence-electron chi connectivity index (χ4n) is 3.23. The molecular weight excluding hydrogens is 298 g/mol. The number of aliphatic hydroxyl groups is 1. The molecule has 4 nitrogen and oxygen atoms in total. The summed E-state index contributed by atoms with van der Waals surface area (Å²) in [7, 11) is 0. The monoisotopic (exact) mass is 319 g/mol. The molecule has 0 bridgehead atoms. The summed E-state index contributed by atoms with van der Waals surface area (Å²) in [6.45, 7) is 5.75. The van der Waals surface area contributed by atoms with Gasteiger partial charge in [0.2, 0.25) is 0 Å². The lowest BCUT2D eigenvalue weighted by atomic mass is 9.89. The van der Waals surface area contributed by atoms with Crippen LogP contribution in [0.5, 0.6) is 0 Å². The van der Waals surface area contributed by atoms with Gasteiger partial charge in [0, 0.05) is 5.56 Å². The van der Waals surface area contributed by atoms with Gasteiger partial charge in [-0.25, -0.2) is 4.98 Å². The number of H-pyrrole nitrogens is 1. The summed E-state index contributed by atoms with van der Waals surface area (Å²) in [6, 6.07) is 12.2. The molecule has 0 radical (unpaired) electrons. The van der Waals surface area contributed by atoms with Crippen molar-refractivity contribution in [2.24, 2.45) is 0 Å². The van der Waals surface area contributed by atoms with Gasteiger partial charge in [-0.2, -0.15) is 5.26 Å². The maximum Gasteiger partial charge on any atom is 0.104 e. The highest BCUT2D eigenvalue weighted by Crippen LogP contribution is 2.34. The summed E-state index contributed by atoms with van der Waals surface area (Å²) in [4.78, 5) is 7.71. The average Bonchev–Trinajstić information content (AvgIpc) is 2.93. The lowest BCUT2D eigenvalue weighted by Crippen LogP contribution is -2.01. The molecule has 1 aromatic heterocycles. The Labute approximate surface area is 141 Å².